The molecule has 1 atom stereocenters. The fourth-order valence-electron chi connectivity index (χ4n) is 2.62. The molecule has 0 aliphatic rings. The van der Waals surface area contributed by atoms with E-state index in [1.807, 2.05) is 6.92 Å². The molecule has 0 aromatic rings. The summed E-state index contributed by atoms with van der Waals surface area (Å²) in [7, 11) is 0. The molecular formula is C26H45NO8. The number of rotatable bonds is 14. The number of alkyl carbamates (subject to hydrolysis) is 1. The Morgan fingerprint density at radius 2 is 1.29 bits per heavy atom. The number of ether oxygens (including phenoxy) is 4. The molecule has 9 nitrogen and oxygen atoms in total. The van der Waals surface area contributed by atoms with Crippen LogP contribution in [0, 0.1) is 11.3 Å². The van der Waals surface area contributed by atoms with Crippen LogP contribution in [0.4, 0.5) is 4.79 Å². The first-order chi connectivity index (χ1) is 16.2. The molecule has 0 radical (unpaired) electrons. The first kappa shape index (κ1) is 34.3. The highest BCUT2D eigenvalue weighted by atomic mass is 16.6. The van der Waals surface area contributed by atoms with Crippen LogP contribution in [0.1, 0.15) is 74.1 Å². The minimum absolute atomic E-state index is 0.0384. The smallest absolute Gasteiger partial charge is 0.407 e. The van der Waals surface area contributed by atoms with Crippen LogP contribution in [0.25, 0.3) is 0 Å². The summed E-state index contributed by atoms with van der Waals surface area (Å²) < 4.78 is 19.3. The third-order valence-electron chi connectivity index (χ3n) is 4.12. The van der Waals surface area contributed by atoms with E-state index in [2.05, 4.69) is 46.2 Å². The predicted molar refractivity (Wildman–Crippen MR) is 135 cm³/mol. The second-order valence-electron chi connectivity index (χ2n) is 9.54. The number of unbranched alkanes of at least 4 members (excludes halogenated alkanes) is 1. The molecule has 9 heteroatoms. The van der Waals surface area contributed by atoms with E-state index >= 15 is 0 Å². The van der Waals surface area contributed by atoms with Gasteiger partial charge in [0.15, 0.2) is 0 Å². The molecule has 1 amide bonds. The molecule has 0 aromatic carbocycles. The summed E-state index contributed by atoms with van der Waals surface area (Å²) in [5.41, 5.74) is 0.902. The minimum atomic E-state index is -0.489. The zero-order valence-electron chi connectivity index (χ0n) is 22.6. The lowest BCUT2D eigenvalue weighted by Gasteiger charge is -2.23. The van der Waals surface area contributed by atoms with Crippen molar-refractivity contribution in [3.63, 3.8) is 0 Å². The summed E-state index contributed by atoms with van der Waals surface area (Å²) in [6.07, 6.45) is 2.73. The summed E-state index contributed by atoms with van der Waals surface area (Å²) >= 11 is 0. The molecule has 0 heterocycles. The van der Waals surface area contributed by atoms with E-state index in [-0.39, 0.29) is 37.8 Å². The summed E-state index contributed by atoms with van der Waals surface area (Å²) in [6, 6.07) is 0. The highest BCUT2D eigenvalue weighted by Crippen LogP contribution is 2.23. The quantitative estimate of drug-likeness (QED) is 0.158. The van der Waals surface area contributed by atoms with Crippen LogP contribution in [0.5, 0.6) is 0 Å². The number of hydrogen-bond acceptors (Lipinski definition) is 8. The number of carbonyl (C=O) groups excluding carboxylic acids is 4. The van der Waals surface area contributed by atoms with Gasteiger partial charge in [-0.25, -0.2) is 14.4 Å². The molecule has 1 unspecified atom stereocenters. The van der Waals surface area contributed by atoms with Gasteiger partial charge >= 0.3 is 24.0 Å². The molecule has 0 saturated heterocycles. The first-order valence-corrected chi connectivity index (χ1v) is 11.9. The van der Waals surface area contributed by atoms with E-state index in [9.17, 15) is 19.2 Å². The number of carbonyl (C=O) groups is 4. The van der Waals surface area contributed by atoms with Gasteiger partial charge in [0.2, 0.25) is 0 Å². The molecule has 0 saturated carbocycles. The van der Waals surface area contributed by atoms with Gasteiger partial charge < -0.3 is 24.3 Å². The Labute approximate surface area is 210 Å². The Morgan fingerprint density at radius 3 is 1.71 bits per heavy atom. The first-order valence-electron chi connectivity index (χ1n) is 11.9. The van der Waals surface area contributed by atoms with Gasteiger partial charge in [-0.15, -0.1) is 0 Å². The fourth-order valence-corrected chi connectivity index (χ4v) is 2.62. The third-order valence-corrected chi connectivity index (χ3v) is 4.12. The maximum atomic E-state index is 11.4. The lowest BCUT2D eigenvalue weighted by atomic mass is 9.85. The lowest BCUT2D eigenvalue weighted by Crippen LogP contribution is -2.31. The number of hydrogen-bond donors (Lipinski definition) is 1. The van der Waals surface area contributed by atoms with Crippen molar-refractivity contribution in [1.82, 2.24) is 5.32 Å². The van der Waals surface area contributed by atoms with Gasteiger partial charge in [0, 0.05) is 24.1 Å². The van der Waals surface area contributed by atoms with Gasteiger partial charge in [-0.1, -0.05) is 54.2 Å². The average molecular weight is 500 g/mol. The van der Waals surface area contributed by atoms with Gasteiger partial charge in [0.05, 0.1) is 0 Å². The standard InChI is InChI=1S/C15H27NO4.C11H18O4/c1-11(2)13(17)19-7-8-20-14(18)16-10-12(3)9-15(4,5)6;1-4-5-6-10(12)14-7-8-15-11(13)9(2)3/h12H,1,7-10H2,2-6H3,(H,16,18);2,4-8H2,1,3H3. The van der Waals surface area contributed by atoms with Gasteiger partial charge in [-0.3, -0.25) is 4.79 Å². The van der Waals surface area contributed by atoms with Crippen molar-refractivity contribution in [2.24, 2.45) is 11.3 Å². The third kappa shape index (κ3) is 24.1. The van der Waals surface area contributed by atoms with Crippen LogP contribution >= 0.6 is 0 Å². The van der Waals surface area contributed by atoms with E-state index < -0.39 is 18.0 Å². The number of nitrogens with one attached hydrogen (secondary N) is 1. The highest BCUT2D eigenvalue weighted by molar-refractivity contribution is 5.87. The van der Waals surface area contributed by atoms with Crippen LogP contribution in [0.3, 0.4) is 0 Å². The molecule has 0 aliphatic carbocycles. The van der Waals surface area contributed by atoms with Gasteiger partial charge in [-0.05, 0) is 38.0 Å². The maximum absolute atomic E-state index is 11.4. The minimum Gasteiger partial charge on any atom is -0.462 e. The fraction of sp³-hybridized carbons (Fsp3) is 0.692. The summed E-state index contributed by atoms with van der Waals surface area (Å²) in [5.74, 6) is -0.806. The second-order valence-corrected chi connectivity index (χ2v) is 9.54. The summed E-state index contributed by atoms with van der Waals surface area (Å²) in [5, 5.41) is 2.70. The van der Waals surface area contributed by atoms with Gasteiger partial charge in [0.1, 0.15) is 26.4 Å². The van der Waals surface area contributed by atoms with Crippen molar-refractivity contribution >= 4 is 24.0 Å². The van der Waals surface area contributed by atoms with Crippen molar-refractivity contribution in [2.45, 2.75) is 74.1 Å². The zero-order valence-corrected chi connectivity index (χ0v) is 22.6. The van der Waals surface area contributed by atoms with E-state index in [4.69, 9.17) is 18.9 Å². The number of amides is 1. The van der Waals surface area contributed by atoms with Crippen molar-refractivity contribution in [1.29, 1.82) is 0 Å². The molecule has 0 bridgehead atoms. The van der Waals surface area contributed by atoms with Crippen LogP contribution in [0.2, 0.25) is 0 Å². The molecule has 0 aromatic heterocycles. The summed E-state index contributed by atoms with van der Waals surface area (Å²) in [6.45, 7) is 21.4. The largest absolute Gasteiger partial charge is 0.462 e. The van der Waals surface area contributed by atoms with Crippen molar-refractivity contribution in [3.05, 3.63) is 24.3 Å². The Hall–Kier alpha value is -2.84. The predicted octanol–water partition coefficient (Wildman–Crippen LogP) is 4.74. The van der Waals surface area contributed by atoms with Crippen molar-refractivity contribution in [2.75, 3.05) is 33.0 Å². The van der Waals surface area contributed by atoms with E-state index in [0.29, 0.717) is 30.0 Å². The van der Waals surface area contributed by atoms with E-state index in [0.717, 1.165) is 19.3 Å². The molecule has 1 N–H and O–H groups in total. The van der Waals surface area contributed by atoms with Crippen LogP contribution in [-0.2, 0) is 33.3 Å². The molecule has 0 rings (SSSR count). The average Bonchev–Trinajstić information content (AvgIpc) is 2.75. The number of esters is 3. The monoisotopic (exact) mass is 499 g/mol. The van der Waals surface area contributed by atoms with Crippen LogP contribution in [0.15, 0.2) is 24.3 Å². The molecular weight excluding hydrogens is 454 g/mol. The highest BCUT2D eigenvalue weighted by Gasteiger charge is 2.16. The summed E-state index contributed by atoms with van der Waals surface area (Å²) in [4.78, 5) is 44.4. The molecule has 0 fully saturated rings. The SMILES string of the molecule is C=C(C)C(=O)OCCOC(=O)CCCC.C=C(C)C(=O)OCCOC(=O)NCC(C)CC(C)(C)C. The van der Waals surface area contributed by atoms with E-state index in [1.54, 1.807) is 13.8 Å². The maximum Gasteiger partial charge on any atom is 0.407 e. The molecule has 202 valence electrons. The van der Waals surface area contributed by atoms with Crippen molar-refractivity contribution in [3.8, 4) is 0 Å². The van der Waals surface area contributed by atoms with E-state index in [1.165, 1.54) is 0 Å². The Balaban J connectivity index is 0. The Morgan fingerprint density at radius 1 is 0.829 bits per heavy atom. The van der Waals surface area contributed by atoms with Gasteiger partial charge in [0.25, 0.3) is 0 Å². The van der Waals surface area contributed by atoms with Crippen LogP contribution < -0.4 is 5.32 Å². The van der Waals surface area contributed by atoms with Crippen LogP contribution in [-0.4, -0.2) is 57.0 Å². The second kappa shape index (κ2) is 19.5. The van der Waals surface area contributed by atoms with Gasteiger partial charge in [-0.2, -0.15) is 0 Å². The zero-order chi connectivity index (χ0) is 27.4. The topological polar surface area (TPSA) is 117 Å². The lowest BCUT2D eigenvalue weighted by molar-refractivity contribution is -0.150. The van der Waals surface area contributed by atoms with Crippen molar-refractivity contribution < 1.29 is 38.1 Å². The molecule has 0 spiro atoms. The molecule has 0 aliphatic heterocycles. The Kier molecular flexibility index (Phi) is 19.1. The molecule has 35 heavy (non-hydrogen) atoms. The normalized spacial score (nSPS) is 11.2. The Bertz CT molecular complexity index is 694.